The lowest BCUT2D eigenvalue weighted by Crippen LogP contribution is -2.49. The Balaban J connectivity index is 1.34. The molecule has 0 fully saturated rings. The Kier molecular flexibility index (Phi) is 12.2. The van der Waals surface area contributed by atoms with Crippen LogP contribution in [-0.2, 0) is 25.5 Å². The Bertz CT molecular complexity index is 2200. The van der Waals surface area contributed by atoms with Crippen LogP contribution in [0.2, 0.25) is 5.02 Å². The zero-order valence-corrected chi connectivity index (χ0v) is 31.4. The van der Waals surface area contributed by atoms with Crippen molar-refractivity contribution in [2.24, 2.45) is 0 Å². The largest absolute Gasteiger partial charge is 0.455 e. The SMILES string of the molecule is CC(C)(CCO)NC(=O)Nc1ccc(C[C@H](NC(=O)C(=O)Nc2cc(Cl)ccc2-n2cnnn2)C(=O)Nc2ccc3[nH]c(C(=O)OC(C)(C)C)cc3c2)cc1. The van der Waals surface area contributed by atoms with Gasteiger partial charge < -0.3 is 41.4 Å². The summed E-state index contributed by atoms with van der Waals surface area (Å²) in [4.78, 5) is 68.6. The minimum absolute atomic E-state index is 0.0525. The molecule has 18 heteroatoms. The maximum Gasteiger partial charge on any atom is 0.355 e. The number of esters is 1. The van der Waals surface area contributed by atoms with E-state index >= 15 is 0 Å². The Hall–Kier alpha value is -6.33. The lowest BCUT2D eigenvalue weighted by atomic mass is 10.0. The van der Waals surface area contributed by atoms with Crippen LogP contribution in [-0.4, -0.2) is 83.8 Å². The zero-order valence-electron chi connectivity index (χ0n) is 30.7. The number of tetrazole rings is 1. The van der Waals surface area contributed by atoms with Crippen LogP contribution in [0.25, 0.3) is 16.6 Å². The van der Waals surface area contributed by atoms with Crippen molar-refractivity contribution in [1.29, 1.82) is 0 Å². The number of nitrogens with one attached hydrogen (secondary N) is 6. The first-order valence-corrected chi connectivity index (χ1v) is 17.5. The van der Waals surface area contributed by atoms with Crippen molar-refractivity contribution in [2.45, 2.75) is 64.6 Å². The number of amides is 5. The van der Waals surface area contributed by atoms with Crippen molar-refractivity contribution in [2.75, 3.05) is 22.6 Å². The number of carbonyl (C=O) groups is 5. The third-order valence-corrected chi connectivity index (χ3v) is 8.21. The number of halogens is 1. The third-order valence-electron chi connectivity index (χ3n) is 7.98. The van der Waals surface area contributed by atoms with E-state index in [2.05, 4.69) is 47.1 Å². The topological polar surface area (TPSA) is 234 Å². The second-order valence-corrected chi connectivity index (χ2v) is 14.6. The van der Waals surface area contributed by atoms with Crippen LogP contribution >= 0.6 is 11.6 Å². The van der Waals surface area contributed by atoms with Crippen LogP contribution in [0.15, 0.2) is 73.1 Å². The number of hydrogen-bond acceptors (Lipinski definition) is 10. The molecule has 3 aromatic carbocycles. The zero-order chi connectivity index (χ0) is 39.9. The van der Waals surface area contributed by atoms with Gasteiger partial charge in [-0.25, -0.2) is 9.59 Å². The summed E-state index contributed by atoms with van der Waals surface area (Å²) in [6.07, 6.45) is 1.61. The van der Waals surface area contributed by atoms with Gasteiger partial charge >= 0.3 is 23.8 Å². The lowest BCUT2D eigenvalue weighted by Gasteiger charge is -2.25. The fourth-order valence-corrected chi connectivity index (χ4v) is 5.52. The van der Waals surface area contributed by atoms with E-state index in [4.69, 9.17) is 16.3 Å². The van der Waals surface area contributed by atoms with Crippen molar-refractivity contribution in [3.05, 3.63) is 89.3 Å². The van der Waals surface area contributed by atoms with Gasteiger partial charge in [-0.2, -0.15) is 4.68 Å². The molecule has 0 radical (unpaired) electrons. The van der Waals surface area contributed by atoms with Gasteiger partial charge in [0, 0.05) is 45.9 Å². The van der Waals surface area contributed by atoms with E-state index in [1.165, 1.54) is 17.1 Å². The summed E-state index contributed by atoms with van der Waals surface area (Å²) in [5.41, 5.74) is 1.39. The smallest absolute Gasteiger partial charge is 0.355 e. The molecule has 0 saturated heterocycles. The number of rotatable bonds is 12. The first-order chi connectivity index (χ1) is 26.0. The molecular formula is C37H41ClN10O7. The number of aliphatic hydroxyl groups is 1. The van der Waals surface area contributed by atoms with Crippen molar-refractivity contribution in [1.82, 2.24) is 35.8 Å². The molecule has 288 valence electrons. The highest BCUT2D eigenvalue weighted by Gasteiger charge is 2.27. The van der Waals surface area contributed by atoms with Gasteiger partial charge in [0.2, 0.25) is 5.91 Å². The van der Waals surface area contributed by atoms with E-state index < -0.39 is 46.9 Å². The van der Waals surface area contributed by atoms with E-state index in [0.717, 1.165) is 0 Å². The molecule has 55 heavy (non-hydrogen) atoms. The molecule has 2 aromatic heterocycles. The van der Waals surface area contributed by atoms with Crippen LogP contribution in [0.5, 0.6) is 0 Å². The molecule has 5 amide bonds. The number of aromatic amines is 1. The van der Waals surface area contributed by atoms with Gasteiger partial charge in [0.05, 0.1) is 11.4 Å². The number of aliphatic hydroxyl groups excluding tert-OH is 1. The summed E-state index contributed by atoms with van der Waals surface area (Å²) < 4.78 is 6.73. The van der Waals surface area contributed by atoms with E-state index in [0.29, 0.717) is 39.9 Å². The van der Waals surface area contributed by atoms with Gasteiger partial charge in [0.15, 0.2) is 0 Å². The van der Waals surface area contributed by atoms with Crippen LogP contribution in [0.1, 0.15) is 57.1 Å². The predicted octanol–water partition coefficient (Wildman–Crippen LogP) is 4.34. The number of carbonyl (C=O) groups excluding carboxylic acids is 5. The number of nitrogens with zero attached hydrogens (tertiary/aromatic N) is 4. The maximum absolute atomic E-state index is 13.8. The Labute approximate surface area is 320 Å². The number of ether oxygens (including phenoxy) is 1. The minimum Gasteiger partial charge on any atom is -0.455 e. The standard InChI is InChI=1S/C37H41ClN10O7/c1-36(2,3)55-34(53)29-18-22-17-25(11-12-26(22)42-29)40-31(50)28(16-21-6-9-24(10-7-21)41-35(54)45-37(4,5)14-15-49)44-33(52)32(51)43-27-19-23(38)8-13-30(27)48-20-39-46-47-48/h6-13,17-20,28,42,49H,14-16H2,1-5H3,(H,40,50)(H,43,51)(H,44,52)(H2,41,45,54)/t28-/m0/s1. The summed E-state index contributed by atoms with van der Waals surface area (Å²) in [5, 5.41) is 34.5. The molecule has 0 unspecified atom stereocenters. The molecule has 0 aliphatic heterocycles. The van der Waals surface area contributed by atoms with Gasteiger partial charge in [-0.3, -0.25) is 14.4 Å². The molecule has 1 atom stereocenters. The summed E-state index contributed by atoms with van der Waals surface area (Å²) >= 11 is 6.17. The number of hydrogen-bond donors (Lipinski definition) is 7. The van der Waals surface area contributed by atoms with Crippen molar-refractivity contribution in [3.8, 4) is 5.69 Å². The lowest BCUT2D eigenvalue weighted by molar-refractivity contribution is -0.137. The van der Waals surface area contributed by atoms with Gasteiger partial charge in [0.25, 0.3) is 0 Å². The highest BCUT2D eigenvalue weighted by atomic mass is 35.5. The summed E-state index contributed by atoms with van der Waals surface area (Å²) in [6.45, 7) is 8.76. The van der Waals surface area contributed by atoms with Crippen molar-refractivity contribution >= 4 is 69.3 Å². The molecular weight excluding hydrogens is 732 g/mol. The van der Waals surface area contributed by atoms with Crippen LogP contribution in [0.4, 0.5) is 21.9 Å². The average Bonchev–Trinajstić information content (AvgIpc) is 3.78. The van der Waals surface area contributed by atoms with Crippen LogP contribution in [0.3, 0.4) is 0 Å². The number of benzene rings is 3. The van der Waals surface area contributed by atoms with Gasteiger partial charge in [-0.15, -0.1) is 5.10 Å². The van der Waals surface area contributed by atoms with Gasteiger partial charge in [-0.05, 0) is 112 Å². The monoisotopic (exact) mass is 772 g/mol. The predicted molar refractivity (Wildman–Crippen MR) is 205 cm³/mol. The molecule has 0 spiro atoms. The number of H-pyrrole nitrogens is 1. The summed E-state index contributed by atoms with van der Waals surface area (Å²) in [6, 6.07) is 15.9. The molecule has 0 aliphatic carbocycles. The molecule has 0 aliphatic rings. The van der Waals surface area contributed by atoms with Gasteiger partial charge in [-0.1, -0.05) is 23.7 Å². The summed E-state index contributed by atoms with van der Waals surface area (Å²) in [5.74, 6) is -3.39. The second kappa shape index (κ2) is 16.8. The Morgan fingerprint density at radius 3 is 2.29 bits per heavy atom. The van der Waals surface area contributed by atoms with Crippen LogP contribution < -0.4 is 26.6 Å². The number of anilines is 3. The minimum atomic E-state index is -1.27. The quantitative estimate of drug-likeness (QED) is 0.0700. The molecule has 7 N–H and O–H groups in total. The van der Waals surface area contributed by atoms with E-state index in [1.807, 2.05) is 0 Å². The first kappa shape index (κ1) is 39.9. The highest BCUT2D eigenvalue weighted by molar-refractivity contribution is 6.40. The average molecular weight is 773 g/mol. The highest BCUT2D eigenvalue weighted by Crippen LogP contribution is 2.25. The molecule has 2 heterocycles. The van der Waals surface area contributed by atoms with E-state index in [1.54, 1.807) is 95.3 Å². The number of fused-ring (bicyclic) bond motifs is 1. The number of aromatic nitrogens is 5. The maximum atomic E-state index is 13.8. The molecule has 5 rings (SSSR count). The molecule has 17 nitrogen and oxygen atoms in total. The summed E-state index contributed by atoms with van der Waals surface area (Å²) in [7, 11) is 0. The molecule has 0 bridgehead atoms. The fraction of sp³-hybridized carbons (Fsp3) is 0.297. The third kappa shape index (κ3) is 11.1. The Morgan fingerprint density at radius 2 is 1.62 bits per heavy atom. The molecule has 0 saturated carbocycles. The normalized spacial score (nSPS) is 12.1. The first-order valence-electron chi connectivity index (χ1n) is 17.1. The van der Waals surface area contributed by atoms with E-state index in [-0.39, 0.29) is 29.4 Å². The van der Waals surface area contributed by atoms with Crippen LogP contribution in [0, 0.1) is 0 Å². The second-order valence-electron chi connectivity index (χ2n) is 14.2. The fourth-order valence-electron chi connectivity index (χ4n) is 5.35. The molecule has 5 aromatic rings. The van der Waals surface area contributed by atoms with Crippen molar-refractivity contribution in [3.63, 3.8) is 0 Å². The van der Waals surface area contributed by atoms with Crippen molar-refractivity contribution < 1.29 is 33.8 Å². The van der Waals surface area contributed by atoms with Gasteiger partial charge in [0.1, 0.15) is 23.7 Å². The Morgan fingerprint density at radius 1 is 0.891 bits per heavy atom. The number of urea groups is 1. The van der Waals surface area contributed by atoms with E-state index in [9.17, 15) is 29.1 Å².